The van der Waals surface area contributed by atoms with E-state index < -0.39 is 10.0 Å². The van der Waals surface area contributed by atoms with Gasteiger partial charge in [-0.05, 0) is 46.8 Å². The van der Waals surface area contributed by atoms with E-state index >= 15 is 0 Å². The molecule has 10 heteroatoms. The maximum absolute atomic E-state index is 12.5. The molecule has 0 radical (unpaired) electrons. The van der Waals surface area contributed by atoms with Gasteiger partial charge in [-0.2, -0.15) is 0 Å². The lowest BCUT2D eigenvalue weighted by molar-refractivity contribution is -0.116. The number of carbonyl (C=O) groups excluding carboxylic acids is 1. The van der Waals surface area contributed by atoms with E-state index in [-0.39, 0.29) is 21.7 Å². The van der Waals surface area contributed by atoms with E-state index in [9.17, 15) is 13.2 Å². The summed E-state index contributed by atoms with van der Waals surface area (Å²) in [6.45, 7) is 0.357. The third-order valence-electron chi connectivity index (χ3n) is 3.60. The Balaban J connectivity index is 2.03. The van der Waals surface area contributed by atoms with Gasteiger partial charge in [-0.15, -0.1) is 11.3 Å². The van der Waals surface area contributed by atoms with E-state index in [1.807, 2.05) is 17.5 Å². The number of benzene rings is 1. The Morgan fingerprint density at radius 2 is 2.14 bits per heavy atom. The molecule has 0 saturated carbocycles. The van der Waals surface area contributed by atoms with Gasteiger partial charge in [0.05, 0.1) is 7.11 Å². The van der Waals surface area contributed by atoms with Crippen molar-refractivity contribution < 1.29 is 17.9 Å². The number of sulfonamides is 1. The molecular formula is C18H20N3O4S3-. The summed E-state index contributed by atoms with van der Waals surface area (Å²) in [4.78, 5) is 16.4. The van der Waals surface area contributed by atoms with Crippen molar-refractivity contribution in [3.63, 3.8) is 0 Å². The van der Waals surface area contributed by atoms with Crippen molar-refractivity contribution in [2.45, 2.75) is 11.3 Å². The summed E-state index contributed by atoms with van der Waals surface area (Å²) < 4.78 is 32.3. The van der Waals surface area contributed by atoms with Crippen LogP contribution >= 0.6 is 11.3 Å². The van der Waals surface area contributed by atoms with Crippen LogP contribution in [0.4, 0.5) is 0 Å². The molecule has 1 amide bonds. The minimum absolute atomic E-state index is 0.0394. The molecule has 0 atom stereocenters. The molecule has 0 fully saturated rings. The Morgan fingerprint density at radius 3 is 2.79 bits per heavy atom. The second kappa shape index (κ2) is 10.2. The number of rotatable bonds is 8. The van der Waals surface area contributed by atoms with Gasteiger partial charge in [0.2, 0.25) is 5.91 Å². The number of nitrogens with one attached hydrogen (secondary N) is 2. The van der Waals surface area contributed by atoms with Crippen molar-refractivity contribution in [1.82, 2.24) is 10.0 Å². The van der Waals surface area contributed by atoms with Crippen LogP contribution in [0.3, 0.4) is 0 Å². The largest absolute Gasteiger partial charge is 0.742 e. The number of methoxy groups -OCH3 is 1. The van der Waals surface area contributed by atoms with Crippen molar-refractivity contribution in [3.8, 4) is 5.75 Å². The number of hydrogen-bond acceptors (Lipinski definition) is 7. The van der Waals surface area contributed by atoms with E-state index in [0.29, 0.717) is 13.0 Å². The van der Waals surface area contributed by atoms with Crippen LogP contribution in [-0.4, -0.2) is 40.2 Å². The highest BCUT2D eigenvalue weighted by Gasteiger charge is 2.19. The third kappa shape index (κ3) is 6.32. The van der Waals surface area contributed by atoms with Gasteiger partial charge in [-0.25, -0.2) is 8.42 Å². The molecule has 2 rings (SSSR count). The Bertz CT molecular complexity index is 968. The number of amides is 1. The average molecular weight is 439 g/mol. The fourth-order valence-electron chi connectivity index (χ4n) is 2.24. The number of nitrogens with zero attached hydrogens (tertiary/aromatic N) is 1. The van der Waals surface area contributed by atoms with E-state index in [1.165, 1.54) is 26.3 Å². The molecule has 1 aromatic heterocycles. The second-order valence-corrected chi connectivity index (χ2v) is 8.53. The van der Waals surface area contributed by atoms with Gasteiger partial charge in [0.25, 0.3) is 10.0 Å². The number of ether oxygens (including phenoxy) is 1. The van der Waals surface area contributed by atoms with Crippen molar-refractivity contribution in [2.24, 2.45) is 4.99 Å². The van der Waals surface area contributed by atoms with Crippen molar-refractivity contribution in [1.29, 1.82) is 0 Å². The highest BCUT2D eigenvalue weighted by atomic mass is 32.2. The topological polar surface area (TPSA) is 96.9 Å². The molecule has 2 N–H and O–H groups in total. The number of thiophene rings is 1. The number of carbonyl (C=O) groups is 1. The zero-order chi connectivity index (χ0) is 20.6. The molecule has 0 aliphatic carbocycles. The first kappa shape index (κ1) is 21.9. The van der Waals surface area contributed by atoms with Crippen LogP contribution in [0, 0.1) is 0 Å². The number of amidine groups is 1. The zero-order valence-corrected chi connectivity index (χ0v) is 17.8. The minimum Gasteiger partial charge on any atom is -0.742 e. The van der Waals surface area contributed by atoms with Crippen molar-refractivity contribution in [3.05, 3.63) is 52.2 Å². The minimum atomic E-state index is -3.92. The van der Waals surface area contributed by atoms with Gasteiger partial charge in [-0.1, -0.05) is 12.1 Å². The Hall–Kier alpha value is -2.43. The summed E-state index contributed by atoms with van der Waals surface area (Å²) in [5.41, 5.74) is 0.725. The second-order valence-electron chi connectivity index (χ2n) is 5.51. The number of aliphatic imine (C=N–C) groups is 1. The predicted octanol–water partition coefficient (Wildman–Crippen LogP) is 1.94. The van der Waals surface area contributed by atoms with Crippen LogP contribution in [0.25, 0.3) is 6.08 Å². The standard InChI is InChI=1S/C18H21N3O4S3/c1-19-18(26)21-28(23,24)16-12-13(5-7-15(16)25-2)9-10-20-17(22)8-6-14-4-3-11-27-14/h3-8,11-12H,9-10H2,1-2H3,(H,20,22)(H2,19,21,26)/p-1/b8-6+. The maximum atomic E-state index is 12.5. The highest BCUT2D eigenvalue weighted by molar-refractivity contribution is 7.92. The molecule has 0 aliphatic rings. The van der Waals surface area contributed by atoms with E-state index in [4.69, 9.17) is 17.4 Å². The maximum Gasteiger partial charge on any atom is 0.265 e. The fourth-order valence-corrected chi connectivity index (χ4v) is 4.34. The third-order valence-corrected chi connectivity index (χ3v) is 6.21. The van der Waals surface area contributed by atoms with Crippen LogP contribution in [0.2, 0.25) is 0 Å². The van der Waals surface area contributed by atoms with Gasteiger partial charge < -0.3 is 22.7 Å². The predicted molar refractivity (Wildman–Crippen MR) is 114 cm³/mol. The summed E-state index contributed by atoms with van der Waals surface area (Å²) >= 11 is 6.36. The lowest BCUT2D eigenvalue weighted by atomic mass is 10.1. The molecule has 28 heavy (non-hydrogen) atoms. The van der Waals surface area contributed by atoms with Gasteiger partial charge in [0.15, 0.2) is 0 Å². The van der Waals surface area contributed by atoms with Gasteiger partial charge >= 0.3 is 0 Å². The summed E-state index contributed by atoms with van der Waals surface area (Å²) in [6, 6.07) is 8.63. The molecule has 1 aromatic carbocycles. The molecule has 0 unspecified atom stereocenters. The van der Waals surface area contributed by atoms with Crippen LogP contribution in [-0.2, 0) is 33.9 Å². The highest BCUT2D eigenvalue weighted by Crippen LogP contribution is 2.25. The summed E-state index contributed by atoms with van der Waals surface area (Å²) in [7, 11) is -1.14. The molecule has 7 nitrogen and oxygen atoms in total. The van der Waals surface area contributed by atoms with Crippen LogP contribution in [0.5, 0.6) is 5.75 Å². The van der Waals surface area contributed by atoms with Crippen molar-refractivity contribution in [2.75, 3.05) is 20.7 Å². The quantitative estimate of drug-likeness (QED) is 0.284. The van der Waals surface area contributed by atoms with Crippen LogP contribution < -0.4 is 14.8 Å². The smallest absolute Gasteiger partial charge is 0.265 e. The van der Waals surface area contributed by atoms with Gasteiger partial charge in [-0.3, -0.25) is 14.5 Å². The zero-order valence-electron chi connectivity index (χ0n) is 15.3. The Labute approximate surface area is 174 Å². The first-order valence-corrected chi connectivity index (χ1v) is 11.0. The molecule has 0 aliphatic heterocycles. The van der Waals surface area contributed by atoms with Gasteiger partial charge in [0, 0.05) is 24.5 Å². The van der Waals surface area contributed by atoms with Gasteiger partial charge in [0.1, 0.15) is 10.6 Å². The van der Waals surface area contributed by atoms with E-state index in [1.54, 1.807) is 29.5 Å². The first-order chi connectivity index (χ1) is 13.4. The lowest BCUT2D eigenvalue weighted by Gasteiger charge is -2.16. The molecule has 1 heterocycles. The van der Waals surface area contributed by atoms with E-state index in [0.717, 1.165) is 10.4 Å². The molecule has 0 saturated heterocycles. The fraction of sp³-hybridized carbons (Fsp3) is 0.222. The monoisotopic (exact) mass is 438 g/mol. The molecule has 150 valence electrons. The van der Waals surface area contributed by atoms with Crippen LogP contribution in [0.1, 0.15) is 10.4 Å². The molecule has 2 aromatic rings. The first-order valence-electron chi connectivity index (χ1n) is 8.18. The normalized spacial score (nSPS) is 12.1. The Kier molecular flexibility index (Phi) is 7.97. The average Bonchev–Trinajstić information content (AvgIpc) is 3.19. The summed E-state index contributed by atoms with van der Waals surface area (Å²) in [5, 5.41) is 4.56. The summed E-state index contributed by atoms with van der Waals surface area (Å²) in [6.07, 6.45) is 3.66. The van der Waals surface area contributed by atoms with Crippen LogP contribution in [0.15, 0.2) is 51.7 Å². The number of hydrogen-bond donors (Lipinski definition) is 2. The lowest BCUT2D eigenvalue weighted by Crippen LogP contribution is -2.29. The molecule has 0 spiro atoms. The summed E-state index contributed by atoms with van der Waals surface area (Å²) in [5.74, 6) is -0.0237. The SMILES string of the molecule is CN=C([S-])NS(=O)(=O)c1cc(CCNC(=O)/C=C/c2cccs2)ccc1OC. The van der Waals surface area contributed by atoms with E-state index in [2.05, 4.69) is 15.0 Å². The Morgan fingerprint density at radius 1 is 1.36 bits per heavy atom. The molecular weight excluding hydrogens is 418 g/mol. The van der Waals surface area contributed by atoms with Crippen molar-refractivity contribution >= 4 is 51.1 Å². The molecule has 0 bridgehead atoms.